The smallest absolute Gasteiger partial charge is 0.142 e. The Hall–Kier alpha value is -1.42. The molecule has 0 bridgehead atoms. The van der Waals surface area contributed by atoms with Crippen molar-refractivity contribution in [3.63, 3.8) is 0 Å². The standard InChI is InChI=1S/C14H22N2O2/c1-14(2)13(15)7-8-16(14)11-9-10(17-3)5-6-12(11)18-4/h5-6,9,13H,7-8,15H2,1-4H3. The summed E-state index contributed by atoms with van der Waals surface area (Å²) in [6.07, 6.45) is 0.993. The molecule has 4 heteroatoms. The summed E-state index contributed by atoms with van der Waals surface area (Å²) in [5, 5.41) is 0. The van der Waals surface area contributed by atoms with Crippen LogP contribution < -0.4 is 20.1 Å². The SMILES string of the molecule is COc1ccc(OC)c(N2CCC(N)C2(C)C)c1. The van der Waals surface area contributed by atoms with Crippen LogP contribution in [-0.4, -0.2) is 32.3 Å². The molecule has 1 aliphatic heterocycles. The molecule has 1 atom stereocenters. The lowest BCUT2D eigenvalue weighted by molar-refractivity contribution is 0.396. The molecule has 1 saturated heterocycles. The van der Waals surface area contributed by atoms with Crippen LogP contribution in [0.1, 0.15) is 20.3 Å². The Morgan fingerprint density at radius 1 is 1.28 bits per heavy atom. The molecule has 0 radical (unpaired) electrons. The summed E-state index contributed by atoms with van der Waals surface area (Å²) in [6, 6.07) is 6.03. The highest BCUT2D eigenvalue weighted by atomic mass is 16.5. The lowest BCUT2D eigenvalue weighted by atomic mass is 9.96. The summed E-state index contributed by atoms with van der Waals surface area (Å²) in [5.41, 5.74) is 7.17. The average molecular weight is 250 g/mol. The van der Waals surface area contributed by atoms with Crippen LogP contribution in [-0.2, 0) is 0 Å². The number of hydrogen-bond acceptors (Lipinski definition) is 4. The van der Waals surface area contributed by atoms with Crippen molar-refractivity contribution in [1.82, 2.24) is 0 Å². The summed E-state index contributed by atoms with van der Waals surface area (Å²) in [4.78, 5) is 2.30. The number of rotatable bonds is 3. The zero-order valence-electron chi connectivity index (χ0n) is 11.6. The zero-order valence-corrected chi connectivity index (χ0v) is 11.6. The Labute approximate surface area is 109 Å². The normalized spacial score (nSPS) is 22.1. The van der Waals surface area contributed by atoms with Gasteiger partial charge in [-0.15, -0.1) is 0 Å². The summed E-state index contributed by atoms with van der Waals surface area (Å²) >= 11 is 0. The lowest BCUT2D eigenvalue weighted by Crippen LogP contribution is -2.49. The molecule has 0 saturated carbocycles. The van der Waals surface area contributed by atoms with E-state index in [0.717, 1.165) is 30.2 Å². The van der Waals surface area contributed by atoms with Crippen LogP contribution in [0.25, 0.3) is 0 Å². The van der Waals surface area contributed by atoms with E-state index in [1.807, 2.05) is 18.2 Å². The topological polar surface area (TPSA) is 47.7 Å². The van der Waals surface area contributed by atoms with E-state index < -0.39 is 0 Å². The first-order valence-electron chi connectivity index (χ1n) is 6.26. The van der Waals surface area contributed by atoms with Crippen LogP contribution in [0.15, 0.2) is 18.2 Å². The van der Waals surface area contributed by atoms with Crippen molar-refractivity contribution in [2.75, 3.05) is 25.7 Å². The van der Waals surface area contributed by atoms with Crippen molar-refractivity contribution in [3.8, 4) is 11.5 Å². The Balaban J connectivity index is 2.43. The molecule has 2 rings (SSSR count). The van der Waals surface area contributed by atoms with E-state index in [-0.39, 0.29) is 11.6 Å². The highest BCUT2D eigenvalue weighted by Crippen LogP contribution is 2.40. The number of benzene rings is 1. The maximum absolute atomic E-state index is 6.19. The monoisotopic (exact) mass is 250 g/mol. The van der Waals surface area contributed by atoms with Gasteiger partial charge in [0.25, 0.3) is 0 Å². The number of hydrogen-bond donors (Lipinski definition) is 1. The fourth-order valence-electron chi connectivity index (χ4n) is 2.55. The van der Waals surface area contributed by atoms with Gasteiger partial charge in [0, 0.05) is 24.2 Å². The van der Waals surface area contributed by atoms with Gasteiger partial charge in [-0.2, -0.15) is 0 Å². The second kappa shape index (κ2) is 4.69. The van der Waals surface area contributed by atoms with E-state index in [4.69, 9.17) is 15.2 Å². The molecule has 1 fully saturated rings. The van der Waals surface area contributed by atoms with Crippen molar-refractivity contribution in [1.29, 1.82) is 0 Å². The van der Waals surface area contributed by atoms with Crippen molar-refractivity contribution < 1.29 is 9.47 Å². The highest BCUT2D eigenvalue weighted by molar-refractivity contribution is 5.64. The second-order valence-corrected chi connectivity index (χ2v) is 5.24. The molecule has 1 heterocycles. The molecule has 1 unspecified atom stereocenters. The lowest BCUT2D eigenvalue weighted by Gasteiger charge is -2.37. The minimum atomic E-state index is -0.0698. The highest BCUT2D eigenvalue weighted by Gasteiger charge is 2.40. The van der Waals surface area contributed by atoms with E-state index in [1.54, 1.807) is 14.2 Å². The van der Waals surface area contributed by atoms with Crippen LogP contribution in [0.4, 0.5) is 5.69 Å². The molecule has 100 valence electrons. The van der Waals surface area contributed by atoms with Crippen LogP contribution in [0.3, 0.4) is 0 Å². The number of anilines is 1. The molecule has 0 aliphatic carbocycles. The molecule has 1 aromatic rings. The molecule has 0 amide bonds. The maximum atomic E-state index is 6.19. The van der Waals surface area contributed by atoms with Gasteiger partial charge in [-0.1, -0.05) is 0 Å². The molecule has 4 nitrogen and oxygen atoms in total. The maximum Gasteiger partial charge on any atom is 0.142 e. The van der Waals surface area contributed by atoms with Gasteiger partial charge in [0.15, 0.2) is 0 Å². The first kappa shape index (κ1) is 13.0. The first-order chi connectivity index (χ1) is 8.50. The van der Waals surface area contributed by atoms with Gasteiger partial charge in [-0.25, -0.2) is 0 Å². The molecule has 1 aliphatic rings. The Kier molecular flexibility index (Phi) is 3.39. The number of nitrogens with zero attached hydrogens (tertiary/aromatic N) is 1. The molecular formula is C14H22N2O2. The van der Waals surface area contributed by atoms with Gasteiger partial charge in [-0.3, -0.25) is 0 Å². The van der Waals surface area contributed by atoms with Crippen molar-refractivity contribution in [3.05, 3.63) is 18.2 Å². The largest absolute Gasteiger partial charge is 0.497 e. The summed E-state index contributed by atoms with van der Waals surface area (Å²) in [7, 11) is 3.36. The molecule has 1 aromatic carbocycles. The van der Waals surface area contributed by atoms with Gasteiger partial charge in [0.05, 0.1) is 19.9 Å². The molecule has 0 spiro atoms. The summed E-state index contributed by atoms with van der Waals surface area (Å²) in [5.74, 6) is 1.69. The molecule has 0 aromatic heterocycles. The Morgan fingerprint density at radius 3 is 2.50 bits per heavy atom. The van der Waals surface area contributed by atoms with Gasteiger partial charge in [-0.05, 0) is 32.4 Å². The third-order valence-electron chi connectivity index (χ3n) is 3.94. The fourth-order valence-corrected chi connectivity index (χ4v) is 2.55. The molecular weight excluding hydrogens is 228 g/mol. The number of nitrogens with two attached hydrogens (primary N) is 1. The molecule has 18 heavy (non-hydrogen) atoms. The van der Waals surface area contributed by atoms with Gasteiger partial charge in [0.2, 0.25) is 0 Å². The predicted molar refractivity (Wildman–Crippen MR) is 73.6 cm³/mol. The zero-order chi connectivity index (χ0) is 13.3. The summed E-state index contributed by atoms with van der Waals surface area (Å²) in [6.45, 7) is 5.28. The number of ether oxygens (including phenoxy) is 2. The van der Waals surface area contributed by atoms with Crippen LogP contribution in [0.2, 0.25) is 0 Å². The average Bonchev–Trinajstić information content (AvgIpc) is 2.63. The van der Waals surface area contributed by atoms with Gasteiger partial charge >= 0.3 is 0 Å². The van der Waals surface area contributed by atoms with Crippen LogP contribution in [0, 0.1) is 0 Å². The minimum Gasteiger partial charge on any atom is -0.497 e. The van der Waals surface area contributed by atoms with Crippen LogP contribution >= 0.6 is 0 Å². The van der Waals surface area contributed by atoms with E-state index in [9.17, 15) is 0 Å². The number of methoxy groups -OCH3 is 2. The van der Waals surface area contributed by atoms with Crippen molar-refractivity contribution in [2.45, 2.75) is 31.8 Å². The van der Waals surface area contributed by atoms with E-state index >= 15 is 0 Å². The predicted octanol–water partition coefficient (Wildman–Crippen LogP) is 2.02. The first-order valence-corrected chi connectivity index (χ1v) is 6.26. The van der Waals surface area contributed by atoms with Gasteiger partial charge in [0.1, 0.15) is 11.5 Å². The van der Waals surface area contributed by atoms with Crippen LogP contribution in [0.5, 0.6) is 11.5 Å². The van der Waals surface area contributed by atoms with Crippen molar-refractivity contribution in [2.24, 2.45) is 5.73 Å². The van der Waals surface area contributed by atoms with Crippen molar-refractivity contribution >= 4 is 5.69 Å². The van der Waals surface area contributed by atoms with E-state index in [2.05, 4.69) is 18.7 Å². The van der Waals surface area contributed by atoms with Gasteiger partial charge < -0.3 is 20.1 Å². The Morgan fingerprint density at radius 2 is 2.00 bits per heavy atom. The fraction of sp³-hybridized carbons (Fsp3) is 0.571. The van der Waals surface area contributed by atoms with E-state index in [0.29, 0.717) is 0 Å². The summed E-state index contributed by atoms with van der Waals surface area (Å²) < 4.78 is 10.7. The van der Waals surface area contributed by atoms with E-state index in [1.165, 1.54) is 0 Å². The minimum absolute atomic E-state index is 0.0698. The second-order valence-electron chi connectivity index (χ2n) is 5.24. The Bertz CT molecular complexity index is 432. The quantitative estimate of drug-likeness (QED) is 0.891. The third kappa shape index (κ3) is 2.01. The third-order valence-corrected chi connectivity index (χ3v) is 3.94. The molecule has 2 N–H and O–H groups in total.